The van der Waals surface area contributed by atoms with Gasteiger partial charge >= 0.3 is 0 Å². The Morgan fingerprint density at radius 1 is 1.39 bits per heavy atom. The number of benzene rings is 1. The molecule has 0 atom stereocenters. The van der Waals surface area contributed by atoms with E-state index in [1.165, 1.54) is 12.1 Å². The predicted molar refractivity (Wildman–Crippen MR) is 68.5 cm³/mol. The summed E-state index contributed by atoms with van der Waals surface area (Å²) in [4.78, 5) is 0.259. The van der Waals surface area contributed by atoms with Crippen molar-refractivity contribution >= 4 is 10.0 Å². The molecule has 0 aromatic heterocycles. The van der Waals surface area contributed by atoms with Crippen LogP contribution in [0.5, 0.6) is 0 Å². The van der Waals surface area contributed by atoms with Crippen LogP contribution in [0.3, 0.4) is 0 Å². The van der Waals surface area contributed by atoms with Crippen molar-refractivity contribution in [3.63, 3.8) is 0 Å². The van der Waals surface area contributed by atoms with E-state index in [9.17, 15) is 8.42 Å². The number of nitrogens with zero attached hydrogens (tertiary/aromatic N) is 1. The summed E-state index contributed by atoms with van der Waals surface area (Å²) in [5, 5.41) is 8.77. The summed E-state index contributed by atoms with van der Waals surface area (Å²) in [5.41, 5.74) is 0.768. The Bertz CT molecular complexity index is 610. The second kappa shape index (κ2) is 4.38. The molecule has 0 radical (unpaired) electrons. The van der Waals surface area contributed by atoms with Crippen molar-refractivity contribution in [3.8, 4) is 6.07 Å². The molecule has 18 heavy (non-hydrogen) atoms. The lowest BCUT2D eigenvalue weighted by Crippen LogP contribution is -2.50. The Morgan fingerprint density at radius 3 is 2.50 bits per heavy atom. The fourth-order valence-corrected chi connectivity index (χ4v) is 3.90. The first-order valence-electron chi connectivity index (χ1n) is 5.91. The lowest BCUT2D eigenvalue weighted by Gasteiger charge is -2.38. The van der Waals surface area contributed by atoms with Gasteiger partial charge in [0, 0.05) is 5.54 Å². The summed E-state index contributed by atoms with van der Waals surface area (Å²) in [6, 6.07) is 6.63. The quantitative estimate of drug-likeness (QED) is 0.908. The number of nitrogens with one attached hydrogen (secondary N) is 1. The Balaban J connectivity index is 2.33. The Labute approximate surface area is 108 Å². The third kappa shape index (κ3) is 2.40. The van der Waals surface area contributed by atoms with E-state index in [2.05, 4.69) is 4.72 Å². The van der Waals surface area contributed by atoms with Crippen molar-refractivity contribution in [1.29, 1.82) is 5.26 Å². The number of sulfonamides is 1. The van der Waals surface area contributed by atoms with Crippen LogP contribution in [0.4, 0.5) is 0 Å². The highest BCUT2D eigenvalue weighted by atomic mass is 32.2. The normalized spacial score (nSPS) is 17.8. The maximum absolute atomic E-state index is 12.3. The lowest BCUT2D eigenvalue weighted by atomic mass is 9.80. The molecule has 1 fully saturated rings. The molecule has 0 spiro atoms. The molecule has 1 aliphatic carbocycles. The molecule has 0 unspecified atom stereocenters. The summed E-state index contributed by atoms with van der Waals surface area (Å²) in [5.74, 6) is 0. The van der Waals surface area contributed by atoms with Crippen molar-refractivity contribution in [2.75, 3.05) is 0 Å². The van der Waals surface area contributed by atoms with Gasteiger partial charge in [-0.25, -0.2) is 13.1 Å². The molecule has 0 heterocycles. The van der Waals surface area contributed by atoms with Crippen molar-refractivity contribution in [2.24, 2.45) is 0 Å². The molecule has 0 bridgehead atoms. The Hall–Kier alpha value is -1.38. The second-order valence-corrected chi connectivity index (χ2v) is 6.76. The summed E-state index contributed by atoms with van der Waals surface area (Å²) >= 11 is 0. The standard InChI is InChI=1S/C13H16N2O2S/c1-10-8-11(9-14)4-5-12(10)18(16,17)15-13(2)6-3-7-13/h4-5,8,15H,3,6-7H2,1-2H3. The molecule has 0 saturated heterocycles. The van der Waals surface area contributed by atoms with Gasteiger partial charge in [-0.05, 0) is 56.9 Å². The first-order chi connectivity index (χ1) is 8.36. The molecule has 5 heteroatoms. The molecule has 96 valence electrons. The van der Waals surface area contributed by atoms with E-state index in [1.807, 2.05) is 13.0 Å². The van der Waals surface area contributed by atoms with Gasteiger partial charge in [0.2, 0.25) is 10.0 Å². The van der Waals surface area contributed by atoms with Crippen LogP contribution in [0.25, 0.3) is 0 Å². The highest BCUT2D eigenvalue weighted by Crippen LogP contribution is 2.33. The van der Waals surface area contributed by atoms with Gasteiger partial charge < -0.3 is 0 Å². The molecule has 1 aromatic rings. The first-order valence-corrected chi connectivity index (χ1v) is 7.39. The zero-order valence-electron chi connectivity index (χ0n) is 10.5. The van der Waals surface area contributed by atoms with E-state index in [4.69, 9.17) is 5.26 Å². The van der Waals surface area contributed by atoms with Gasteiger partial charge in [0.15, 0.2) is 0 Å². The molecule has 2 rings (SSSR count). The summed E-state index contributed by atoms with van der Waals surface area (Å²) in [6.07, 6.45) is 2.81. The fraction of sp³-hybridized carbons (Fsp3) is 0.462. The van der Waals surface area contributed by atoms with Crippen LogP contribution in [-0.4, -0.2) is 14.0 Å². The highest BCUT2D eigenvalue weighted by molar-refractivity contribution is 7.89. The number of aryl methyl sites for hydroxylation is 1. The van der Waals surface area contributed by atoms with E-state index >= 15 is 0 Å². The smallest absolute Gasteiger partial charge is 0.207 e. The topological polar surface area (TPSA) is 70.0 Å². The van der Waals surface area contributed by atoms with E-state index < -0.39 is 10.0 Å². The van der Waals surface area contributed by atoms with Crippen LogP contribution in [-0.2, 0) is 10.0 Å². The molecule has 4 nitrogen and oxygen atoms in total. The van der Waals surface area contributed by atoms with Crippen LogP contribution in [0.15, 0.2) is 23.1 Å². The van der Waals surface area contributed by atoms with Gasteiger partial charge in [-0.2, -0.15) is 5.26 Å². The third-order valence-corrected chi connectivity index (χ3v) is 5.23. The van der Waals surface area contributed by atoms with Crippen LogP contribution < -0.4 is 4.72 Å². The van der Waals surface area contributed by atoms with Gasteiger partial charge in [-0.3, -0.25) is 0 Å². The second-order valence-electron chi connectivity index (χ2n) is 5.11. The summed E-state index contributed by atoms with van der Waals surface area (Å²) in [6.45, 7) is 3.63. The van der Waals surface area contributed by atoms with Gasteiger partial charge in [-0.1, -0.05) is 0 Å². The van der Waals surface area contributed by atoms with Gasteiger partial charge in [0.1, 0.15) is 0 Å². The zero-order chi connectivity index (χ0) is 13.4. The van der Waals surface area contributed by atoms with E-state index in [0.717, 1.165) is 19.3 Å². The van der Waals surface area contributed by atoms with Crippen molar-refractivity contribution < 1.29 is 8.42 Å². The van der Waals surface area contributed by atoms with Gasteiger partial charge in [-0.15, -0.1) is 0 Å². The minimum Gasteiger partial charge on any atom is -0.207 e. The average Bonchev–Trinajstić information content (AvgIpc) is 2.25. The maximum Gasteiger partial charge on any atom is 0.241 e. The molecule has 0 aliphatic heterocycles. The monoisotopic (exact) mass is 264 g/mol. The van der Waals surface area contributed by atoms with Crippen LogP contribution in [0, 0.1) is 18.3 Å². The van der Waals surface area contributed by atoms with Crippen molar-refractivity contribution in [1.82, 2.24) is 4.72 Å². The first kappa shape index (κ1) is 13.1. The number of nitriles is 1. The minimum atomic E-state index is -3.49. The summed E-state index contributed by atoms with van der Waals surface area (Å²) in [7, 11) is -3.49. The van der Waals surface area contributed by atoms with Crippen LogP contribution in [0.2, 0.25) is 0 Å². The van der Waals surface area contributed by atoms with Crippen LogP contribution in [0.1, 0.15) is 37.3 Å². The molecular weight excluding hydrogens is 248 g/mol. The molecular formula is C13H16N2O2S. The molecule has 0 amide bonds. The Kier molecular flexibility index (Phi) is 3.18. The minimum absolute atomic E-state index is 0.259. The molecule has 1 N–H and O–H groups in total. The molecule has 1 aliphatic rings. The molecule has 1 saturated carbocycles. The summed E-state index contributed by atoms with van der Waals surface area (Å²) < 4.78 is 27.3. The van der Waals surface area contributed by atoms with Gasteiger partial charge in [0.25, 0.3) is 0 Å². The van der Waals surface area contributed by atoms with Crippen molar-refractivity contribution in [3.05, 3.63) is 29.3 Å². The largest absolute Gasteiger partial charge is 0.241 e. The van der Waals surface area contributed by atoms with E-state index in [-0.39, 0.29) is 10.4 Å². The number of hydrogen-bond donors (Lipinski definition) is 1. The van der Waals surface area contributed by atoms with Crippen molar-refractivity contribution in [2.45, 2.75) is 43.5 Å². The zero-order valence-corrected chi connectivity index (χ0v) is 11.3. The third-order valence-electron chi connectivity index (χ3n) is 3.43. The average molecular weight is 264 g/mol. The molecule has 1 aromatic carbocycles. The van der Waals surface area contributed by atoms with E-state index in [1.54, 1.807) is 13.0 Å². The fourth-order valence-electron chi connectivity index (χ4n) is 2.21. The SMILES string of the molecule is Cc1cc(C#N)ccc1S(=O)(=O)NC1(C)CCC1. The number of hydrogen-bond acceptors (Lipinski definition) is 3. The van der Waals surface area contributed by atoms with Crippen LogP contribution >= 0.6 is 0 Å². The van der Waals surface area contributed by atoms with Gasteiger partial charge in [0.05, 0.1) is 16.5 Å². The Morgan fingerprint density at radius 2 is 2.06 bits per heavy atom. The lowest BCUT2D eigenvalue weighted by molar-refractivity contribution is 0.248. The predicted octanol–water partition coefficient (Wildman–Crippen LogP) is 2.09. The van der Waals surface area contributed by atoms with E-state index in [0.29, 0.717) is 11.1 Å². The maximum atomic E-state index is 12.3. The number of rotatable bonds is 3. The highest BCUT2D eigenvalue weighted by Gasteiger charge is 2.36.